The lowest BCUT2D eigenvalue weighted by Gasteiger charge is -2.46. The lowest BCUT2D eigenvalue weighted by atomic mass is 9.61. The Kier molecular flexibility index (Phi) is 13.8. The summed E-state index contributed by atoms with van der Waals surface area (Å²) in [4.78, 5) is 0. The summed E-state index contributed by atoms with van der Waals surface area (Å²) in [5.74, 6) is 2.01. The van der Waals surface area contributed by atoms with Crippen molar-refractivity contribution in [2.45, 2.75) is 207 Å². The van der Waals surface area contributed by atoms with E-state index >= 15 is 0 Å². The maximum Gasteiger partial charge on any atom is 0.192 e. The van der Waals surface area contributed by atoms with Crippen LogP contribution in [-0.2, 0) is 13.3 Å². The molecule has 50 heavy (non-hydrogen) atoms. The van der Waals surface area contributed by atoms with Gasteiger partial charge in [0.2, 0.25) is 0 Å². The molecule has 0 radical (unpaired) electrons. The molecule has 0 saturated heterocycles. The maximum absolute atomic E-state index is 7.12. The van der Waals surface area contributed by atoms with Crippen LogP contribution >= 0.6 is 0 Å². The standard InChI is InChI=1S/C44H82O3Si3/c1-32(22-20-23-33(2)45-48(14,15)41(4,5)6)37-27-28-38-36(24-21-29-44(37,38)13)26-25-35-30-39(46-49(16,17)42(7,8)9)34(3)40(31-35)47-50(18,19)43(10,11)12/h20,22,25-26,32-33,37-40H,3,21,23-24,27-31H2,1-2,4-19H3/t32-,33+,37-,38+,39-,40-,44-/m1/s1. The molecule has 0 aromatic rings. The van der Waals surface area contributed by atoms with Crippen LogP contribution in [-0.4, -0.2) is 43.3 Å². The molecule has 3 aliphatic rings. The van der Waals surface area contributed by atoms with Gasteiger partial charge in [-0.3, -0.25) is 0 Å². The van der Waals surface area contributed by atoms with Crippen molar-refractivity contribution in [2.75, 3.05) is 0 Å². The predicted octanol–water partition coefficient (Wildman–Crippen LogP) is 14.2. The van der Waals surface area contributed by atoms with Crippen molar-refractivity contribution in [3.05, 3.63) is 47.6 Å². The zero-order chi connectivity index (χ0) is 38.3. The quantitative estimate of drug-likeness (QED) is 0.156. The van der Waals surface area contributed by atoms with Crippen molar-refractivity contribution >= 4 is 25.0 Å². The van der Waals surface area contributed by atoms with E-state index in [0.29, 0.717) is 17.3 Å². The Hall–Kier alpha value is -0.509. The number of fused-ring (bicyclic) bond motifs is 1. The summed E-state index contributed by atoms with van der Waals surface area (Å²) in [7, 11) is -5.71. The number of hydrogen-bond acceptors (Lipinski definition) is 3. The Balaban J connectivity index is 1.81. The van der Waals surface area contributed by atoms with Gasteiger partial charge in [-0.05, 0) is 141 Å². The topological polar surface area (TPSA) is 27.7 Å². The number of hydrogen-bond donors (Lipinski definition) is 0. The smallest absolute Gasteiger partial charge is 0.192 e. The van der Waals surface area contributed by atoms with Crippen molar-refractivity contribution in [1.29, 1.82) is 0 Å². The van der Waals surface area contributed by atoms with E-state index in [-0.39, 0.29) is 33.4 Å². The first kappa shape index (κ1) is 43.9. The highest BCUT2D eigenvalue weighted by atomic mass is 28.4. The van der Waals surface area contributed by atoms with E-state index in [1.165, 1.54) is 37.7 Å². The van der Waals surface area contributed by atoms with Gasteiger partial charge in [0, 0.05) is 6.10 Å². The van der Waals surface area contributed by atoms with Gasteiger partial charge in [-0.2, -0.15) is 0 Å². The minimum atomic E-state index is -1.98. The zero-order valence-corrected chi connectivity index (χ0v) is 39.4. The third-order valence-corrected chi connectivity index (χ3v) is 28.2. The molecule has 3 nitrogen and oxygen atoms in total. The van der Waals surface area contributed by atoms with E-state index in [1.807, 2.05) is 0 Å². The van der Waals surface area contributed by atoms with Crippen LogP contribution in [0.5, 0.6) is 0 Å². The van der Waals surface area contributed by atoms with Crippen molar-refractivity contribution < 1.29 is 13.3 Å². The molecule has 3 saturated carbocycles. The molecule has 0 unspecified atom stereocenters. The van der Waals surface area contributed by atoms with Gasteiger partial charge in [-0.1, -0.05) is 118 Å². The van der Waals surface area contributed by atoms with Gasteiger partial charge in [-0.15, -0.1) is 0 Å². The Morgan fingerprint density at radius 3 is 1.76 bits per heavy atom. The third kappa shape index (κ3) is 10.2. The minimum Gasteiger partial charge on any atom is -0.414 e. The summed E-state index contributed by atoms with van der Waals surface area (Å²) in [6, 6.07) is 0. The summed E-state index contributed by atoms with van der Waals surface area (Å²) in [5, 5.41) is 0.557. The maximum atomic E-state index is 7.12. The average molecular weight is 743 g/mol. The van der Waals surface area contributed by atoms with Crippen LogP contribution in [0.15, 0.2) is 47.6 Å². The normalized spacial score (nSPS) is 29.8. The van der Waals surface area contributed by atoms with Crippen molar-refractivity contribution in [3.63, 3.8) is 0 Å². The summed E-state index contributed by atoms with van der Waals surface area (Å²) in [6.45, 7) is 47.3. The second-order valence-corrected chi connectivity index (χ2v) is 35.9. The summed E-state index contributed by atoms with van der Waals surface area (Å²) >= 11 is 0. The van der Waals surface area contributed by atoms with Crippen LogP contribution in [0, 0.1) is 23.2 Å². The molecule has 0 spiro atoms. The fourth-order valence-corrected chi connectivity index (χ4v) is 12.2. The minimum absolute atomic E-state index is 0.0270. The lowest BCUT2D eigenvalue weighted by Crippen LogP contribution is -2.49. The molecule has 7 atom stereocenters. The summed E-state index contributed by atoms with van der Waals surface area (Å²) < 4.78 is 20.9. The highest BCUT2D eigenvalue weighted by molar-refractivity contribution is 6.75. The highest BCUT2D eigenvalue weighted by Crippen LogP contribution is 2.59. The van der Waals surface area contributed by atoms with E-state index in [2.05, 4.69) is 153 Å². The number of allylic oxidation sites excluding steroid dienone is 4. The van der Waals surface area contributed by atoms with E-state index < -0.39 is 25.0 Å². The monoisotopic (exact) mass is 743 g/mol. The molecule has 3 rings (SSSR count). The van der Waals surface area contributed by atoms with E-state index in [9.17, 15) is 0 Å². The molecular weight excluding hydrogens is 661 g/mol. The van der Waals surface area contributed by atoms with Gasteiger partial charge in [-0.25, -0.2) is 0 Å². The number of rotatable bonds is 11. The predicted molar refractivity (Wildman–Crippen MR) is 228 cm³/mol. The van der Waals surface area contributed by atoms with Crippen LogP contribution < -0.4 is 0 Å². The fraction of sp³-hybridized carbons (Fsp3) is 0.818. The summed E-state index contributed by atoms with van der Waals surface area (Å²) in [5.41, 5.74) is 4.70. The Morgan fingerprint density at radius 1 is 0.780 bits per heavy atom. The zero-order valence-electron chi connectivity index (χ0n) is 36.4. The van der Waals surface area contributed by atoms with Crippen LogP contribution in [0.4, 0.5) is 0 Å². The van der Waals surface area contributed by atoms with Gasteiger partial charge in [0.1, 0.15) is 0 Å². The van der Waals surface area contributed by atoms with Gasteiger partial charge in [0.15, 0.2) is 25.0 Å². The first-order valence-corrected chi connectivity index (χ1v) is 29.0. The van der Waals surface area contributed by atoms with E-state index in [0.717, 1.165) is 30.8 Å². The second-order valence-electron chi connectivity index (χ2n) is 21.6. The Labute approximate surface area is 315 Å². The van der Waals surface area contributed by atoms with Crippen molar-refractivity contribution in [2.24, 2.45) is 23.2 Å². The molecule has 0 bridgehead atoms. The van der Waals surface area contributed by atoms with Gasteiger partial charge in [0.25, 0.3) is 0 Å². The second kappa shape index (κ2) is 15.7. The first-order chi connectivity index (χ1) is 22.5. The van der Waals surface area contributed by atoms with Crippen molar-refractivity contribution in [3.8, 4) is 0 Å². The molecule has 0 heterocycles. The molecule has 0 N–H and O–H groups in total. The first-order valence-electron chi connectivity index (χ1n) is 20.3. The van der Waals surface area contributed by atoms with Gasteiger partial charge in [0.05, 0.1) is 12.2 Å². The van der Waals surface area contributed by atoms with Crippen LogP contribution in [0.3, 0.4) is 0 Å². The molecule has 3 fully saturated rings. The molecular formula is C44H82O3Si3. The SMILES string of the molecule is C=C1[C@H](O[Si](C)(C)C(C)(C)C)CC(=CC=C2CCC[C@]3(C)[C@@H]([C@H](C)C=CC[C@H](C)O[Si](C)(C)C(C)(C)C)CC[C@@H]23)C[C@H]1O[Si](C)(C)C(C)(C)C. The van der Waals surface area contributed by atoms with E-state index in [1.54, 1.807) is 5.57 Å². The Morgan fingerprint density at radius 2 is 1.28 bits per heavy atom. The van der Waals surface area contributed by atoms with Crippen LogP contribution in [0.2, 0.25) is 54.4 Å². The lowest BCUT2D eigenvalue weighted by molar-refractivity contribution is 0.112. The largest absolute Gasteiger partial charge is 0.414 e. The van der Waals surface area contributed by atoms with E-state index in [4.69, 9.17) is 13.3 Å². The average Bonchev–Trinajstić information content (AvgIpc) is 3.29. The third-order valence-electron chi connectivity index (χ3n) is 14.6. The fourth-order valence-electron chi connectivity index (χ4n) is 8.18. The van der Waals surface area contributed by atoms with Crippen LogP contribution in [0.1, 0.15) is 134 Å². The Bertz CT molecular complexity index is 1230. The molecule has 288 valence electrons. The van der Waals surface area contributed by atoms with Gasteiger partial charge < -0.3 is 13.3 Å². The molecule has 0 aromatic carbocycles. The molecule has 0 amide bonds. The molecule has 6 heteroatoms. The molecule has 0 aliphatic heterocycles. The molecule has 3 aliphatic carbocycles. The van der Waals surface area contributed by atoms with Gasteiger partial charge >= 0.3 is 0 Å². The van der Waals surface area contributed by atoms with Crippen molar-refractivity contribution in [1.82, 2.24) is 0 Å². The van der Waals surface area contributed by atoms with Crippen LogP contribution in [0.25, 0.3) is 0 Å². The summed E-state index contributed by atoms with van der Waals surface area (Å²) in [6.07, 6.45) is 19.8. The highest BCUT2D eigenvalue weighted by Gasteiger charge is 2.50. The molecule has 0 aromatic heterocycles.